The maximum absolute atomic E-state index is 12.3. The van der Waals surface area contributed by atoms with Crippen LogP contribution in [-0.2, 0) is 10.0 Å². The molecule has 0 aliphatic heterocycles. The van der Waals surface area contributed by atoms with E-state index in [2.05, 4.69) is 19.8 Å². The highest BCUT2D eigenvalue weighted by atomic mass is 35.5. The molecule has 0 saturated carbocycles. The van der Waals surface area contributed by atoms with E-state index in [4.69, 9.17) is 11.6 Å². The van der Waals surface area contributed by atoms with Crippen LogP contribution < -0.4 is 10.3 Å². The van der Waals surface area contributed by atoms with Gasteiger partial charge >= 0.3 is 0 Å². The molecule has 1 aromatic carbocycles. The molecule has 0 unspecified atom stereocenters. The predicted molar refractivity (Wildman–Crippen MR) is 85.3 cm³/mol. The van der Waals surface area contributed by atoms with Gasteiger partial charge in [-0.2, -0.15) is 9.50 Å². The summed E-state index contributed by atoms with van der Waals surface area (Å²) < 4.78 is 27.9. The number of sulfonamides is 1. The van der Waals surface area contributed by atoms with Crippen molar-refractivity contribution < 1.29 is 8.42 Å². The third-order valence-corrected chi connectivity index (χ3v) is 4.96. The lowest BCUT2D eigenvalue weighted by atomic mass is 10.2. The molecule has 2 N–H and O–H groups in total. The number of nitrogens with one attached hydrogen (secondary N) is 2. The number of aromatic amines is 1. The largest absolute Gasteiger partial charge is 0.293 e. The van der Waals surface area contributed by atoms with Crippen molar-refractivity contribution >= 4 is 33.4 Å². The molecule has 10 heteroatoms. The maximum atomic E-state index is 12.3. The average molecular weight is 354 g/mol. The molecular formula is C13H12ClN5O3S. The smallest absolute Gasteiger partial charge is 0.266 e. The van der Waals surface area contributed by atoms with Crippen LogP contribution in [0.4, 0.5) is 5.95 Å². The van der Waals surface area contributed by atoms with Gasteiger partial charge in [-0.15, -0.1) is 0 Å². The zero-order chi connectivity index (χ0) is 16.8. The molecule has 120 valence electrons. The number of rotatable bonds is 3. The van der Waals surface area contributed by atoms with E-state index in [1.807, 2.05) is 6.92 Å². The van der Waals surface area contributed by atoms with E-state index in [-0.39, 0.29) is 21.6 Å². The third kappa shape index (κ3) is 2.80. The van der Waals surface area contributed by atoms with Crippen molar-refractivity contribution in [3.63, 3.8) is 0 Å². The number of H-pyrrole nitrogens is 1. The van der Waals surface area contributed by atoms with Crippen LogP contribution in [0.15, 0.2) is 34.0 Å². The van der Waals surface area contributed by atoms with Crippen molar-refractivity contribution in [2.24, 2.45) is 0 Å². The molecule has 0 radical (unpaired) electrons. The van der Waals surface area contributed by atoms with Gasteiger partial charge in [0.1, 0.15) is 5.02 Å². The Kier molecular flexibility index (Phi) is 3.61. The summed E-state index contributed by atoms with van der Waals surface area (Å²) in [4.78, 5) is 20.0. The number of aryl methyl sites for hydroxylation is 2. The summed E-state index contributed by atoms with van der Waals surface area (Å²) >= 11 is 5.83. The molecule has 8 nitrogen and oxygen atoms in total. The monoisotopic (exact) mass is 353 g/mol. The van der Waals surface area contributed by atoms with Gasteiger partial charge in [-0.05, 0) is 26.0 Å². The average Bonchev–Trinajstić information content (AvgIpc) is 2.87. The number of anilines is 1. The topological polar surface area (TPSA) is 109 Å². The second kappa shape index (κ2) is 5.36. The zero-order valence-electron chi connectivity index (χ0n) is 12.2. The normalized spacial score (nSPS) is 11.8. The highest BCUT2D eigenvalue weighted by molar-refractivity contribution is 7.92. The highest BCUT2D eigenvalue weighted by Crippen LogP contribution is 2.15. The zero-order valence-corrected chi connectivity index (χ0v) is 13.7. The summed E-state index contributed by atoms with van der Waals surface area (Å²) in [5.41, 5.74) is 0.701. The second-order valence-electron chi connectivity index (χ2n) is 4.94. The van der Waals surface area contributed by atoms with Gasteiger partial charge in [-0.1, -0.05) is 29.3 Å². The number of nitrogens with zero attached hydrogens (tertiary/aromatic N) is 3. The molecule has 3 rings (SSSR count). The number of benzene rings is 1. The van der Waals surface area contributed by atoms with Gasteiger partial charge in [0.2, 0.25) is 5.95 Å². The van der Waals surface area contributed by atoms with E-state index in [1.54, 1.807) is 19.1 Å². The van der Waals surface area contributed by atoms with Crippen LogP contribution in [0.2, 0.25) is 5.02 Å². The Labute approximate surface area is 136 Å². The van der Waals surface area contributed by atoms with Gasteiger partial charge in [-0.25, -0.2) is 18.1 Å². The van der Waals surface area contributed by atoms with E-state index in [0.717, 1.165) is 10.1 Å². The van der Waals surface area contributed by atoms with Crippen LogP contribution >= 0.6 is 11.6 Å². The van der Waals surface area contributed by atoms with Gasteiger partial charge in [0, 0.05) is 0 Å². The number of fused-ring (bicyclic) bond motifs is 1. The van der Waals surface area contributed by atoms with Crippen LogP contribution in [0.3, 0.4) is 0 Å². The molecule has 0 fully saturated rings. The Balaban J connectivity index is 2.03. The fraction of sp³-hybridized carbons (Fsp3) is 0.154. The van der Waals surface area contributed by atoms with E-state index >= 15 is 0 Å². The number of hydrogen-bond donors (Lipinski definition) is 2. The number of halogens is 1. The lowest BCUT2D eigenvalue weighted by molar-refractivity contribution is 0.600. The summed E-state index contributed by atoms with van der Waals surface area (Å²) in [6.45, 7) is 3.42. The van der Waals surface area contributed by atoms with Crippen LogP contribution in [0.25, 0.3) is 5.78 Å². The fourth-order valence-corrected chi connectivity index (χ4v) is 3.03. The SMILES string of the molecule is Cc1ccc(S(=O)(=O)Nc2nc3nc(C)c(Cl)c(=O)n3[nH]2)cc1. The van der Waals surface area contributed by atoms with Gasteiger partial charge in [-0.3, -0.25) is 9.89 Å². The molecule has 0 bridgehead atoms. The van der Waals surface area contributed by atoms with Crippen molar-refractivity contribution in [3.05, 3.63) is 50.9 Å². The molecule has 0 atom stereocenters. The van der Waals surface area contributed by atoms with Gasteiger partial charge in [0.05, 0.1) is 10.6 Å². The number of hydrogen-bond acceptors (Lipinski definition) is 5. The predicted octanol–water partition coefficient (Wildman–Crippen LogP) is 1.49. The molecule has 0 amide bonds. The minimum absolute atomic E-state index is 0.0264. The minimum Gasteiger partial charge on any atom is -0.266 e. The molecule has 0 spiro atoms. The Morgan fingerprint density at radius 2 is 1.83 bits per heavy atom. The van der Waals surface area contributed by atoms with Gasteiger partial charge in [0.25, 0.3) is 21.4 Å². The summed E-state index contributed by atoms with van der Waals surface area (Å²) in [6.07, 6.45) is 0. The summed E-state index contributed by atoms with van der Waals surface area (Å²) in [7, 11) is -3.83. The molecule has 0 aliphatic carbocycles. The van der Waals surface area contributed by atoms with Crippen LogP contribution in [-0.4, -0.2) is 28.0 Å². The summed E-state index contributed by atoms with van der Waals surface area (Å²) in [5, 5.41) is 2.47. The Bertz CT molecular complexity index is 1050. The molecule has 2 heterocycles. The first kappa shape index (κ1) is 15.5. The van der Waals surface area contributed by atoms with Crippen molar-refractivity contribution in [2.45, 2.75) is 18.7 Å². The molecule has 2 aromatic heterocycles. The third-order valence-electron chi connectivity index (χ3n) is 3.17. The quantitative estimate of drug-likeness (QED) is 0.741. The van der Waals surface area contributed by atoms with Crippen molar-refractivity contribution in [1.29, 1.82) is 0 Å². The standard InChI is InChI=1S/C13H12ClN5O3S/c1-7-3-5-9(6-4-7)23(21,22)18-12-16-13-15-8(2)10(14)11(20)19(13)17-12/h3-6H,1-2H3,(H2,15,16,17,18). The van der Waals surface area contributed by atoms with Crippen LogP contribution in [0.1, 0.15) is 11.3 Å². The lowest BCUT2D eigenvalue weighted by Crippen LogP contribution is -2.17. The van der Waals surface area contributed by atoms with Crippen molar-refractivity contribution in [2.75, 3.05) is 4.72 Å². The maximum Gasteiger partial charge on any atom is 0.293 e. The molecule has 23 heavy (non-hydrogen) atoms. The van der Waals surface area contributed by atoms with E-state index in [0.29, 0.717) is 5.69 Å². The van der Waals surface area contributed by atoms with Crippen LogP contribution in [0.5, 0.6) is 0 Å². The first-order valence-corrected chi connectivity index (χ1v) is 8.38. The van der Waals surface area contributed by atoms with Gasteiger partial charge in [0.15, 0.2) is 0 Å². The van der Waals surface area contributed by atoms with Gasteiger partial charge < -0.3 is 0 Å². The second-order valence-corrected chi connectivity index (χ2v) is 7.00. The minimum atomic E-state index is -3.83. The molecular weight excluding hydrogens is 342 g/mol. The molecule has 0 aliphatic rings. The van der Waals surface area contributed by atoms with Crippen molar-refractivity contribution in [1.82, 2.24) is 19.6 Å². The van der Waals surface area contributed by atoms with Crippen LogP contribution in [0, 0.1) is 13.8 Å². The fourth-order valence-electron chi connectivity index (χ4n) is 1.95. The highest BCUT2D eigenvalue weighted by Gasteiger charge is 2.18. The van der Waals surface area contributed by atoms with Crippen molar-refractivity contribution in [3.8, 4) is 0 Å². The summed E-state index contributed by atoms with van der Waals surface area (Å²) in [6, 6.07) is 6.32. The summed E-state index contributed by atoms with van der Waals surface area (Å²) in [5.74, 6) is -0.102. The number of aromatic nitrogens is 4. The Morgan fingerprint density at radius 3 is 2.48 bits per heavy atom. The first-order chi connectivity index (χ1) is 10.8. The van der Waals surface area contributed by atoms with E-state index < -0.39 is 15.6 Å². The Hall–Kier alpha value is -2.39. The molecule has 0 saturated heterocycles. The molecule has 3 aromatic rings. The Morgan fingerprint density at radius 1 is 1.17 bits per heavy atom. The van der Waals surface area contributed by atoms with E-state index in [9.17, 15) is 13.2 Å². The first-order valence-electron chi connectivity index (χ1n) is 6.52. The van der Waals surface area contributed by atoms with E-state index in [1.165, 1.54) is 12.1 Å². The lowest BCUT2D eigenvalue weighted by Gasteiger charge is -2.04.